The van der Waals surface area contributed by atoms with Crippen LogP contribution in [0.15, 0.2) is 0 Å². The summed E-state index contributed by atoms with van der Waals surface area (Å²) in [5.74, 6) is -2.83. The predicted molar refractivity (Wildman–Crippen MR) is 31.7 cm³/mol. The number of aliphatic carboxylic acids is 1. The summed E-state index contributed by atoms with van der Waals surface area (Å²) in [5.41, 5.74) is 0. The minimum Gasteiger partial charge on any atom is -0.479 e. The molecule has 0 heterocycles. The standard InChI is InChI=1S/C5H8O6/c6-1-2(7)3(8)4(9)5(10)11/h3-4,6,8-9H,1H2,(H,10,11)/t3-,4+/m1/s1. The van der Waals surface area contributed by atoms with E-state index in [1.807, 2.05) is 0 Å². The Hall–Kier alpha value is -0.980. The number of aliphatic hydroxyl groups excluding tert-OH is 3. The van der Waals surface area contributed by atoms with Gasteiger partial charge in [0.15, 0.2) is 18.0 Å². The number of carboxylic acid groups (broad SMARTS) is 1. The molecule has 0 aliphatic heterocycles. The van der Waals surface area contributed by atoms with Crippen molar-refractivity contribution in [3.63, 3.8) is 0 Å². The van der Waals surface area contributed by atoms with Gasteiger partial charge in [-0.25, -0.2) is 4.79 Å². The Morgan fingerprint density at radius 1 is 1.18 bits per heavy atom. The lowest BCUT2D eigenvalue weighted by Gasteiger charge is -2.10. The summed E-state index contributed by atoms with van der Waals surface area (Å²) in [4.78, 5) is 20.3. The number of carbonyl (C=O) groups excluding carboxylic acids is 1. The number of hydrogen-bond acceptors (Lipinski definition) is 5. The van der Waals surface area contributed by atoms with E-state index in [-0.39, 0.29) is 0 Å². The largest absolute Gasteiger partial charge is 0.479 e. The first-order chi connectivity index (χ1) is 5.00. The van der Waals surface area contributed by atoms with Gasteiger partial charge in [-0.1, -0.05) is 0 Å². The molecule has 0 aliphatic rings. The highest BCUT2D eigenvalue weighted by molar-refractivity contribution is 5.89. The lowest BCUT2D eigenvalue weighted by Crippen LogP contribution is -2.40. The molecule has 0 amide bonds. The molecule has 0 spiro atoms. The summed E-state index contributed by atoms with van der Waals surface area (Å²) < 4.78 is 0. The first-order valence-electron chi connectivity index (χ1n) is 2.73. The monoisotopic (exact) mass is 164 g/mol. The van der Waals surface area contributed by atoms with Crippen molar-refractivity contribution in [1.29, 1.82) is 0 Å². The highest BCUT2D eigenvalue weighted by Crippen LogP contribution is 1.94. The quantitative estimate of drug-likeness (QED) is 0.361. The molecule has 0 rings (SSSR count). The predicted octanol–water partition coefficient (Wildman–Crippen LogP) is -2.65. The van der Waals surface area contributed by atoms with Crippen LogP contribution in [0, 0.1) is 0 Å². The van der Waals surface area contributed by atoms with Crippen molar-refractivity contribution < 1.29 is 30.0 Å². The van der Waals surface area contributed by atoms with Gasteiger partial charge in [-0.3, -0.25) is 4.79 Å². The van der Waals surface area contributed by atoms with Crippen LogP contribution in [0.5, 0.6) is 0 Å². The van der Waals surface area contributed by atoms with Crippen LogP contribution in [0.1, 0.15) is 0 Å². The molecule has 2 atom stereocenters. The molecular weight excluding hydrogens is 156 g/mol. The molecule has 0 aromatic carbocycles. The van der Waals surface area contributed by atoms with Gasteiger partial charge < -0.3 is 20.4 Å². The zero-order chi connectivity index (χ0) is 9.02. The van der Waals surface area contributed by atoms with Crippen LogP contribution in [-0.4, -0.2) is 51.0 Å². The summed E-state index contributed by atoms with van der Waals surface area (Å²) in [7, 11) is 0. The third-order valence-electron chi connectivity index (χ3n) is 1.04. The molecule has 0 aromatic rings. The zero-order valence-electron chi connectivity index (χ0n) is 5.47. The number of carboxylic acids is 1. The van der Waals surface area contributed by atoms with E-state index in [0.29, 0.717) is 0 Å². The van der Waals surface area contributed by atoms with Crippen LogP contribution >= 0.6 is 0 Å². The van der Waals surface area contributed by atoms with Gasteiger partial charge in [-0.15, -0.1) is 0 Å². The van der Waals surface area contributed by atoms with E-state index in [1.54, 1.807) is 0 Å². The van der Waals surface area contributed by atoms with Gasteiger partial charge in [-0.2, -0.15) is 0 Å². The molecule has 0 bridgehead atoms. The number of ketones is 1. The number of hydrogen-bond donors (Lipinski definition) is 4. The fourth-order valence-corrected chi connectivity index (χ4v) is 0.405. The number of carbonyl (C=O) groups is 2. The maximum Gasteiger partial charge on any atom is 0.335 e. The van der Waals surface area contributed by atoms with E-state index < -0.39 is 30.6 Å². The normalized spacial score (nSPS) is 15.5. The minimum atomic E-state index is -2.17. The molecule has 0 saturated heterocycles. The highest BCUT2D eigenvalue weighted by Gasteiger charge is 2.28. The van der Waals surface area contributed by atoms with Gasteiger partial charge in [0.1, 0.15) is 6.61 Å². The average molecular weight is 164 g/mol. The number of rotatable bonds is 4. The summed E-state index contributed by atoms with van der Waals surface area (Å²) in [6.45, 7) is -0.995. The van der Waals surface area contributed by atoms with Crippen molar-refractivity contribution >= 4 is 11.8 Å². The third-order valence-corrected chi connectivity index (χ3v) is 1.04. The lowest BCUT2D eigenvalue weighted by atomic mass is 10.1. The van der Waals surface area contributed by atoms with Gasteiger partial charge in [0.25, 0.3) is 0 Å². The molecule has 64 valence electrons. The second-order valence-electron chi connectivity index (χ2n) is 1.85. The van der Waals surface area contributed by atoms with Crippen LogP contribution in [0.25, 0.3) is 0 Å². The third kappa shape index (κ3) is 2.62. The zero-order valence-corrected chi connectivity index (χ0v) is 5.47. The maximum absolute atomic E-state index is 10.3. The van der Waals surface area contributed by atoms with E-state index in [9.17, 15) is 9.59 Å². The Kier molecular flexibility index (Phi) is 3.66. The van der Waals surface area contributed by atoms with Crippen LogP contribution in [-0.2, 0) is 9.59 Å². The number of aliphatic hydroxyl groups is 3. The minimum absolute atomic E-state index is 0.995. The summed E-state index contributed by atoms with van der Waals surface area (Å²) in [6.07, 6.45) is -4.23. The molecule has 11 heavy (non-hydrogen) atoms. The van der Waals surface area contributed by atoms with Gasteiger partial charge in [0.05, 0.1) is 0 Å². The molecule has 0 aromatic heterocycles. The summed E-state index contributed by atoms with van der Waals surface area (Å²) in [5, 5.41) is 33.3. The van der Waals surface area contributed by atoms with Crippen molar-refractivity contribution in [2.45, 2.75) is 12.2 Å². The molecule has 0 fully saturated rings. The number of Topliss-reactive ketones (excluding diaryl/α,β-unsaturated/α-hetero) is 1. The lowest BCUT2D eigenvalue weighted by molar-refractivity contribution is -0.158. The van der Waals surface area contributed by atoms with E-state index >= 15 is 0 Å². The Balaban J connectivity index is 4.12. The molecule has 4 N–H and O–H groups in total. The van der Waals surface area contributed by atoms with Crippen LogP contribution in [0.2, 0.25) is 0 Å². The maximum atomic E-state index is 10.3. The second-order valence-corrected chi connectivity index (χ2v) is 1.85. The molecule has 6 nitrogen and oxygen atoms in total. The van der Waals surface area contributed by atoms with Crippen molar-refractivity contribution in [2.24, 2.45) is 0 Å². The van der Waals surface area contributed by atoms with E-state index in [2.05, 4.69) is 0 Å². The van der Waals surface area contributed by atoms with Gasteiger partial charge in [0.2, 0.25) is 0 Å². The summed E-state index contributed by atoms with van der Waals surface area (Å²) in [6, 6.07) is 0. The fourth-order valence-electron chi connectivity index (χ4n) is 0.405. The summed E-state index contributed by atoms with van der Waals surface area (Å²) >= 11 is 0. The fraction of sp³-hybridized carbons (Fsp3) is 0.600. The average Bonchev–Trinajstić information content (AvgIpc) is 2.00. The van der Waals surface area contributed by atoms with Gasteiger partial charge in [-0.05, 0) is 0 Å². The van der Waals surface area contributed by atoms with E-state index in [4.69, 9.17) is 20.4 Å². The molecule has 0 saturated carbocycles. The van der Waals surface area contributed by atoms with Crippen molar-refractivity contribution in [3.05, 3.63) is 0 Å². The Labute approximate surface area is 61.7 Å². The molecular formula is C5H8O6. The molecule has 0 radical (unpaired) electrons. The Morgan fingerprint density at radius 2 is 1.64 bits per heavy atom. The highest BCUT2D eigenvalue weighted by atomic mass is 16.4. The Morgan fingerprint density at radius 3 is 1.91 bits per heavy atom. The van der Waals surface area contributed by atoms with Gasteiger partial charge in [0, 0.05) is 0 Å². The Bertz CT molecular complexity index is 164. The van der Waals surface area contributed by atoms with Crippen molar-refractivity contribution in [1.82, 2.24) is 0 Å². The smallest absolute Gasteiger partial charge is 0.335 e. The van der Waals surface area contributed by atoms with Crippen molar-refractivity contribution in [3.8, 4) is 0 Å². The second kappa shape index (κ2) is 4.02. The van der Waals surface area contributed by atoms with Crippen LogP contribution in [0.4, 0.5) is 0 Å². The van der Waals surface area contributed by atoms with E-state index in [1.165, 1.54) is 0 Å². The van der Waals surface area contributed by atoms with Gasteiger partial charge >= 0.3 is 5.97 Å². The SMILES string of the molecule is O=C(O)[C@@H](O)[C@H](O)C(=O)CO. The van der Waals surface area contributed by atoms with E-state index in [0.717, 1.165) is 0 Å². The van der Waals surface area contributed by atoms with Crippen LogP contribution in [0.3, 0.4) is 0 Å². The molecule has 0 unspecified atom stereocenters. The molecule has 0 aliphatic carbocycles. The first-order valence-corrected chi connectivity index (χ1v) is 2.73. The first kappa shape index (κ1) is 10.0. The topological polar surface area (TPSA) is 115 Å². The van der Waals surface area contributed by atoms with Crippen molar-refractivity contribution in [2.75, 3.05) is 6.61 Å². The molecule has 6 heteroatoms. The van der Waals surface area contributed by atoms with Crippen LogP contribution < -0.4 is 0 Å².